The molecule has 4 heteroatoms. The highest BCUT2D eigenvalue weighted by atomic mass is 35.5. The van der Waals surface area contributed by atoms with Crippen molar-refractivity contribution in [1.29, 1.82) is 0 Å². The van der Waals surface area contributed by atoms with E-state index in [-0.39, 0.29) is 6.04 Å². The highest BCUT2D eigenvalue weighted by molar-refractivity contribution is 6.35. The van der Waals surface area contributed by atoms with Crippen molar-refractivity contribution in [3.8, 4) is 11.4 Å². The van der Waals surface area contributed by atoms with Crippen LogP contribution in [0.25, 0.3) is 22.3 Å². The van der Waals surface area contributed by atoms with Crippen molar-refractivity contribution >= 4 is 22.5 Å². The Morgan fingerprint density at radius 2 is 2.00 bits per heavy atom. The van der Waals surface area contributed by atoms with E-state index in [1.165, 1.54) is 0 Å². The van der Waals surface area contributed by atoms with E-state index in [1.807, 2.05) is 38.1 Å². The molecule has 3 nitrogen and oxygen atoms in total. The van der Waals surface area contributed by atoms with Gasteiger partial charge in [-0.25, -0.2) is 4.98 Å². The maximum Gasteiger partial charge on any atom is 0.0942 e. The van der Waals surface area contributed by atoms with Gasteiger partial charge in [-0.15, -0.1) is 0 Å². The Bertz CT molecular complexity index is 798. The maximum absolute atomic E-state index is 6.34. The lowest BCUT2D eigenvalue weighted by molar-refractivity contribution is 0.816. The van der Waals surface area contributed by atoms with Gasteiger partial charge < -0.3 is 5.73 Å². The Balaban J connectivity index is 2.35. The van der Waals surface area contributed by atoms with E-state index in [9.17, 15) is 0 Å². The third-order valence-corrected chi connectivity index (χ3v) is 3.73. The van der Waals surface area contributed by atoms with Gasteiger partial charge in [0, 0.05) is 17.6 Å². The molecule has 0 aliphatic rings. The minimum absolute atomic E-state index is 0.127. The van der Waals surface area contributed by atoms with Crippen LogP contribution in [0.15, 0.2) is 42.6 Å². The van der Waals surface area contributed by atoms with Gasteiger partial charge in [-0.2, -0.15) is 0 Å². The van der Waals surface area contributed by atoms with Gasteiger partial charge in [0.05, 0.1) is 21.9 Å². The molecule has 0 amide bonds. The Morgan fingerprint density at radius 1 is 1.19 bits per heavy atom. The van der Waals surface area contributed by atoms with Crippen LogP contribution in [0.5, 0.6) is 0 Å². The number of aryl methyl sites for hydroxylation is 1. The van der Waals surface area contributed by atoms with Crippen molar-refractivity contribution in [2.75, 3.05) is 0 Å². The molecule has 0 radical (unpaired) electrons. The monoisotopic (exact) mass is 297 g/mol. The van der Waals surface area contributed by atoms with Gasteiger partial charge >= 0.3 is 0 Å². The van der Waals surface area contributed by atoms with Crippen LogP contribution in [-0.4, -0.2) is 9.97 Å². The molecule has 0 spiro atoms. The van der Waals surface area contributed by atoms with Crippen molar-refractivity contribution in [3.63, 3.8) is 0 Å². The smallest absolute Gasteiger partial charge is 0.0942 e. The quantitative estimate of drug-likeness (QED) is 0.768. The highest BCUT2D eigenvalue weighted by Gasteiger charge is 2.14. The molecular weight excluding hydrogens is 282 g/mol. The van der Waals surface area contributed by atoms with E-state index in [0.717, 1.165) is 33.4 Å². The van der Waals surface area contributed by atoms with Gasteiger partial charge in [0.25, 0.3) is 0 Å². The van der Waals surface area contributed by atoms with Crippen molar-refractivity contribution in [3.05, 3.63) is 58.7 Å². The van der Waals surface area contributed by atoms with Crippen molar-refractivity contribution in [2.45, 2.75) is 19.9 Å². The van der Waals surface area contributed by atoms with Crippen molar-refractivity contribution in [1.82, 2.24) is 9.97 Å². The van der Waals surface area contributed by atoms with E-state index in [2.05, 4.69) is 17.1 Å². The molecule has 3 rings (SSSR count). The lowest BCUT2D eigenvalue weighted by atomic mass is 10.0. The summed E-state index contributed by atoms with van der Waals surface area (Å²) in [6.45, 7) is 3.97. The molecule has 0 unspecified atom stereocenters. The number of halogens is 1. The van der Waals surface area contributed by atoms with E-state index in [1.54, 1.807) is 6.20 Å². The molecule has 0 aliphatic heterocycles. The molecule has 2 N–H and O–H groups in total. The topological polar surface area (TPSA) is 51.8 Å². The van der Waals surface area contributed by atoms with Crippen LogP contribution < -0.4 is 5.73 Å². The minimum atomic E-state index is -0.127. The number of nitrogens with two attached hydrogens (primary N) is 1. The molecule has 0 aliphatic carbocycles. The molecule has 0 saturated carbocycles. The van der Waals surface area contributed by atoms with Crippen LogP contribution in [0, 0.1) is 6.92 Å². The predicted octanol–water partition coefficient (Wildman–Crippen LogP) is 4.28. The van der Waals surface area contributed by atoms with Crippen LogP contribution in [0.4, 0.5) is 0 Å². The largest absolute Gasteiger partial charge is 0.324 e. The molecule has 1 atom stereocenters. The summed E-state index contributed by atoms with van der Waals surface area (Å²) in [6.07, 6.45) is 1.75. The fourth-order valence-electron chi connectivity index (χ4n) is 2.46. The Morgan fingerprint density at radius 3 is 2.67 bits per heavy atom. The average molecular weight is 298 g/mol. The Labute approximate surface area is 128 Å². The summed E-state index contributed by atoms with van der Waals surface area (Å²) < 4.78 is 0. The highest BCUT2D eigenvalue weighted by Crippen LogP contribution is 2.31. The molecular formula is C17H16ClN3. The lowest BCUT2D eigenvalue weighted by Crippen LogP contribution is -2.08. The van der Waals surface area contributed by atoms with Crippen LogP contribution in [0.2, 0.25) is 5.02 Å². The number of fused-ring (bicyclic) bond motifs is 1. The molecule has 106 valence electrons. The zero-order valence-electron chi connectivity index (χ0n) is 12.0. The molecule has 2 aromatic heterocycles. The SMILES string of the molecule is Cc1cc(Cl)c2nc(-c3ccccn3)c([C@H](C)N)cc2c1. The van der Waals surface area contributed by atoms with E-state index in [0.29, 0.717) is 5.02 Å². The van der Waals surface area contributed by atoms with Gasteiger partial charge in [-0.05, 0) is 55.3 Å². The third-order valence-electron chi connectivity index (χ3n) is 3.44. The predicted molar refractivity (Wildman–Crippen MR) is 87.3 cm³/mol. The first-order chi connectivity index (χ1) is 10.1. The van der Waals surface area contributed by atoms with Crippen LogP contribution in [0.3, 0.4) is 0 Å². The zero-order chi connectivity index (χ0) is 15.0. The molecule has 2 heterocycles. The minimum Gasteiger partial charge on any atom is -0.324 e. The third kappa shape index (κ3) is 2.62. The average Bonchev–Trinajstić information content (AvgIpc) is 2.46. The number of rotatable bonds is 2. The van der Waals surface area contributed by atoms with E-state index in [4.69, 9.17) is 22.3 Å². The number of benzene rings is 1. The second-order valence-electron chi connectivity index (χ2n) is 5.25. The van der Waals surface area contributed by atoms with Gasteiger partial charge in [-0.1, -0.05) is 17.7 Å². The first-order valence-electron chi connectivity index (χ1n) is 6.84. The second kappa shape index (κ2) is 5.43. The zero-order valence-corrected chi connectivity index (χ0v) is 12.7. The molecule has 0 fully saturated rings. The standard InChI is InChI=1S/C17H16ClN3/c1-10-7-12-9-13(11(2)19)17(15-5-3-4-6-20-15)21-16(12)14(18)8-10/h3-9,11H,19H2,1-2H3/t11-/m0/s1. The molecule has 3 aromatic rings. The summed E-state index contributed by atoms with van der Waals surface area (Å²) in [7, 11) is 0. The van der Waals surface area contributed by atoms with Crippen LogP contribution in [0.1, 0.15) is 24.1 Å². The first kappa shape index (κ1) is 14.0. The maximum atomic E-state index is 6.34. The fourth-order valence-corrected chi connectivity index (χ4v) is 2.78. The van der Waals surface area contributed by atoms with Crippen LogP contribution in [-0.2, 0) is 0 Å². The normalized spacial score (nSPS) is 12.6. The summed E-state index contributed by atoms with van der Waals surface area (Å²) in [4.78, 5) is 9.12. The summed E-state index contributed by atoms with van der Waals surface area (Å²) >= 11 is 6.34. The molecule has 1 aromatic carbocycles. The fraction of sp³-hybridized carbons (Fsp3) is 0.176. The summed E-state index contributed by atoms with van der Waals surface area (Å²) in [5.41, 5.74) is 10.6. The molecule has 0 saturated heterocycles. The van der Waals surface area contributed by atoms with Crippen LogP contribution >= 0.6 is 11.6 Å². The Kier molecular flexibility index (Phi) is 3.62. The van der Waals surface area contributed by atoms with Gasteiger partial charge in [0.2, 0.25) is 0 Å². The van der Waals surface area contributed by atoms with Gasteiger partial charge in [0.15, 0.2) is 0 Å². The Hall–Kier alpha value is -1.97. The van der Waals surface area contributed by atoms with E-state index < -0.39 is 0 Å². The number of aromatic nitrogens is 2. The summed E-state index contributed by atoms with van der Waals surface area (Å²) in [5, 5.41) is 1.66. The molecule has 21 heavy (non-hydrogen) atoms. The number of nitrogens with zero attached hydrogens (tertiary/aromatic N) is 2. The first-order valence-corrected chi connectivity index (χ1v) is 7.22. The lowest BCUT2D eigenvalue weighted by Gasteiger charge is -2.14. The summed E-state index contributed by atoms with van der Waals surface area (Å²) in [5.74, 6) is 0. The van der Waals surface area contributed by atoms with Crippen molar-refractivity contribution < 1.29 is 0 Å². The number of hydrogen-bond acceptors (Lipinski definition) is 3. The van der Waals surface area contributed by atoms with Gasteiger partial charge in [0.1, 0.15) is 0 Å². The number of hydrogen-bond donors (Lipinski definition) is 1. The number of pyridine rings is 2. The molecule has 0 bridgehead atoms. The van der Waals surface area contributed by atoms with E-state index >= 15 is 0 Å². The summed E-state index contributed by atoms with van der Waals surface area (Å²) in [6, 6.07) is 11.7. The van der Waals surface area contributed by atoms with Crippen molar-refractivity contribution in [2.24, 2.45) is 5.73 Å². The van der Waals surface area contributed by atoms with Gasteiger partial charge in [-0.3, -0.25) is 4.98 Å². The second-order valence-corrected chi connectivity index (χ2v) is 5.66.